The zero-order valence-electron chi connectivity index (χ0n) is 15.4. The zero-order valence-corrected chi connectivity index (χ0v) is 15.4. The second-order valence-corrected chi connectivity index (χ2v) is 7.03. The molecule has 0 aromatic carbocycles. The Morgan fingerprint density at radius 1 is 1.16 bits per heavy atom. The lowest BCUT2D eigenvalue weighted by molar-refractivity contribution is -0.143. The van der Waals surface area contributed by atoms with Crippen LogP contribution >= 0.6 is 0 Å². The second-order valence-electron chi connectivity index (χ2n) is 7.03. The van der Waals surface area contributed by atoms with Gasteiger partial charge in [0.1, 0.15) is 0 Å². The van der Waals surface area contributed by atoms with Crippen LogP contribution in [0, 0.1) is 5.92 Å². The van der Waals surface area contributed by atoms with E-state index in [0.29, 0.717) is 25.7 Å². The van der Waals surface area contributed by atoms with Crippen molar-refractivity contribution in [3.63, 3.8) is 0 Å². The molecular formula is C17H32F3N5. The highest BCUT2D eigenvalue weighted by Gasteiger charge is 2.34. The Labute approximate surface area is 149 Å². The van der Waals surface area contributed by atoms with Crippen LogP contribution in [0.3, 0.4) is 0 Å². The van der Waals surface area contributed by atoms with Crippen LogP contribution in [-0.2, 0) is 0 Å². The minimum atomic E-state index is -4.11. The summed E-state index contributed by atoms with van der Waals surface area (Å²) in [5.41, 5.74) is 0. The summed E-state index contributed by atoms with van der Waals surface area (Å²) < 4.78 is 37.4. The monoisotopic (exact) mass is 363 g/mol. The van der Waals surface area contributed by atoms with Crippen molar-refractivity contribution in [2.45, 2.75) is 45.3 Å². The normalized spacial score (nSPS) is 26.4. The van der Waals surface area contributed by atoms with E-state index in [-0.39, 0.29) is 5.92 Å². The Kier molecular flexibility index (Phi) is 7.81. The van der Waals surface area contributed by atoms with Gasteiger partial charge in [0.2, 0.25) is 0 Å². The van der Waals surface area contributed by atoms with Gasteiger partial charge in [-0.2, -0.15) is 13.2 Å². The van der Waals surface area contributed by atoms with E-state index in [9.17, 15) is 13.2 Å². The maximum absolute atomic E-state index is 12.5. The van der Waals surface area contributed by atoms with Crippen LogP contribution in [0.4, 0.5) is 13.2 Å². The predicted molar refractivity (Wildman–Crippen MR) is 94.9 cm³/mol. The van der Waals surface area contributed by atoms with Gasteiger partial charge in [0, 0.05) is 32.2 Å². The summed E-state index contributed by atoms with van der Waals surface area (Å²) >= 11 is 0. The molecule has 2 heterocycles. The Hall–Kier alpha value is -1.02. The number of nitrogens with zero attached hydrogens (tertiary/aromatic N) is 3. The first-order chi connectivity index (χ1) is 11.9. The van der Waals surface area contributed by atoms with Crippen molar-refractivity contribution < 1.29 is 13.2 Å². The molecule has 2 saturated heterocycles. The molecule has 0 amide bonds. The topological polar surface area (TPSA) is 42.9 Å². The molecule has 2 N–H and O–H groups in total. The van der Waals surface area contributed by atoms with Gasteiger partial charge in [0.05, 0.1) is 6.54 Å². The van der Waals surface area contributed by atoms with E-state index >= 15 is 0 Å². The minimum Gasteiger partial charge on any atom is -0.357 e. The van der Waals surface area contributed by atoms with E-state index in [1.165, 1.54) is 17.7 Å². The number of halogens is 3. The Bertz CT molecular complexity index is 427. The summed E-state index contributed by atoms with van der Waals surface area (Å²) in [5.74, 6) is 0.983. The van der Waals surface area contributed by atoms with Crippen molar-refractivity contribution in [2.24, 2.45) is 10.9 Å². The molecule has 2 aliphatic rings. The smallest absolute Gasteiger partial charge is 0.357 e. The molecule has 5 nitrogen and oxygen atoms in total. The summed E-state index contributed by atoms with van der Waals surface area (Å²) in [6, 6.07) is 0.544. The second kappa shape index (κ2) is 9.62. The van der Waals surface area contributed by atoms with Crippen molar-refractivity contribution in [1.82, 2.24) is 20.4 Å². The van der Waals surface area contributed by atoms with Crippen molar-refractivity contribution in [3.05, 3.63) is 0 Å². The van der Waals surface area contributed by atoms with Gasteiger partial charge in [-0.1, -0.05) is 6.92 Å². The number of nitrogens with one attached hydrogen (secondary N) is 2. The van der Waals surface area contributed by atoms with E-state index in [4.69, 9.17) is 0 Å². The van der Waals surface area contributed by atoms with Crippen LogP contribution in [0.25, 0.3) is 0 Å². The van der Waals surface area contributed by atoms with Gasteiger partial charge in [0.15, 0.2) is 5.96 Å². The number of likely N-dealkylation sites (N-methyl/N-ethyl adjacent to an activating group) is 1. The molecule has 2 unspecified atom stereocenters. The average Bonchev–Trinajstić information content (AvgIpc) is 3.17. The van der Waals surface area contributed by atoms with E-state index in [0.717, 1.165) is 38.6 Å². The molecule has 0 aromatic heterocycles. The number of guanidine groups is 1. The molecule has 0 aliphatic carbocycles. The summed E-state index contributed by atoms with van der Waals surface area (Å²) in [6.45, 7) is 8.84. The van der Waals surface area contributed by atoms with Gasteiger partial charge in [0.25, 0.3) is 0 Å². The molecule has 25 heavy (non-hydrogen) atoms. The first kappa shape index (κ1) is 20.3. The fraction of sp³-hybridized carbons (Fsp3) is 0.941. The highest BCUT2D eigenvalue weighted by molar-refractivity contribution is 5.79. The van der Waals surface area contributed by atoms with Crippen LogP contribution in [0.15, 0.2) is 4.99 Å². The van der Waals surface area contributed by atoms with Gasteiger partial charge in [-0.3, -0.25) is 14.8 Å². The molecule has 2 atom stereocenters. The van der Waals surface area contributed by atoms with Crippen LogP contribution in [0.1, 0.15) is 33.1 Å². The third-order valence-corrected chi connectivity index (χ3v) is 5.04. The lowest BCUT2D eigenvalue weighted by atomic mass is 10.1. The molecule has 0 bridgehead atoms. The first-order valence-corrected chi connectivity index (χ1v) is 9.46. The summed E-state index contributed by atoms with van der Waals surface area (Å²) in [5, 5.41) is 6.64. The molecule has 0 radical (unpaired) electrons. The van der Waals surface area contributed by atoms with E-state index in [1.54, 1.807) is 0 Å². The lowest BCUT2D eigenvalue weighted by Crippen LogP contribution is -2.45. The average molecular weight is 363 g/mol. The molecule has 8 heteroatoms. The van der Waals surface area contributed by atoms with Crippen LogP contribution < -0.4 is 10.6 Å². The van der Waals surface area contributed by atoms with Gasteiger partial charge in [-0.05, 0) is 51.7 Å². The van der Waals surface area contributed by atoms with E-state index in [2.05, 4.69) is 27.4 Å². The number of likely N-dealkylation sites (tertiary alicyclic amines) is 2. The van der Waals surface area contributed by atoms with E-state index in [1.807, 2.05) is 6.92 Å². The molecule has 146 valence electrons. The van der Waals surface area contributed by atoms with Crippen LogP contribution in [0.5, 0.6) is 0 Å². The molecule has 0 spiro atoms. The summed E-state index contributed by atoms with van der Waals surface area (Å²) in [7, 11) is 0. The van der Waals surface area contributed by atoms with Crippen molar-refractivity contribution in [1.29, 1.82) is 0 Å². The molecule has 0 saturated carbocycles. The number of aliphatic imine (C=N–C) groups is 1. The fourth-order valence-corrected chi connectivity index (χ4v) is 3.78. The maximum Gasteiger partial charge on any atom is 0.401 e. The summed E-state index contributed by atoms with van der Waals surface area (Å²) in [6.07, 6.45) is -0.882. The number of rotatable bonds is 7. The lowest BCUT2D eigenvalue weighted by Gasteiger charge is -2.24. The van der Waals surface area contributed by atoms with Crippen LogP contribution in [0.2, 0.25) is 0 Å². The largest absolute Gasteiger partial charge is 0.401 e. The quantitative estimate of drug-likeness (QED) is 0.536. The van der Waals surface area contributed by atoms with E-state index < -0.39 is 12.7 Å². The molecule has 2 rings (SSSR count). The number of hydrogen-bond donors (Lipinski definition) is 2. The SMILES string of the molecule is CCNC(=NCC1CCN(CC(F)(F)F)C1)NCC1CCCN1CC. The standard InChI is InChI=1S/C17H32F3N5/c1-3-21-16(23-11-15-6-5-8-25(15)4-2)22-10-14-7-9-24(12-14)13-17(18,19)20/h14-15H,3-13H2,1-2H3,(H2,21,22,23). The molecular weight excluding hydrogens is 331 g/mol. The highest BCUT2D eigenvalue weighted by atomic mass is 19.4. The summed E-state index contributed by atoms with van der Waals surface area (Å²) in [4.78, 5) is 8.57. The van der Waals surface area contributed by atoms with Gasteiger partial charge in [-0.15, -0.1) is 0 Å². The third kappa shape index (κ3) is 7.01. The van der Waals surface area contributed by atoms with Gasteiger partial charge >= 0.3 is 6.18 Å². The maximum atomic E-state index is 12.5. The third-order valence-electron chi connectivity index (χ3n) is 5.04. The van der Waals surface area contributed by atoms with Crippen molar-refractivity contribution >= 4 is 5.96 Å². The Morgan fingerprint density at radius 3 is 2.64 bits per heavy atom. The first-order valence-electron chi connectivity index (χ1n) is 9.46. The highest BCUT2D eigenvalue weighted by Crippen LogP contribution is 2.22. The zero-order chi connectivity index (χ0) is 18.3. The van der Waals surface area contributed by atoms with Crippen molar-refractivity contribution in [2.75, 3.05) is 52.4 Å². The number of hydrogen-bond acceptors (Lipinski definition) is 3. The van der Waals surface area contributed by atoms with Gasteiger partial charge < -0.3 is 10.6 Å². The molecule has 0 aromatic rings. The molecule has 2 aliphatic heterocycles. The number of alkyl halides is 3. The van der Waals surface area contributed by atoms with Crippen LogP contribution in [-0.4, -0.2) is 80.3 Å². The van der Waals surface area contributed by atoms with Crippen molar-refractivity contribution in [3.8, 4) is 0 Å². The molecule has 2 fully saturated rings. The van der Waals surface area contributed by atoms with Gasteiger partial charge in [-0.25, -0.2) is 0 Å². The fourth-order valence-electron chi connectivity index (χ4n) is 3.78. The minimum absolute atomic E-state index is 0.205. The Balaban J connectivity index is 1.77. The Morgan fingerprint density at radius 2 is 1.96 bits per heavy atom. The predicted octanol–water partition coefficient (Wildman–Crippen LogP) is 1.91.